The van der Waals surface area contributed by atoms with Gasteiger partial charge in [-0.3, -0.25) is 4.79 Å². The average Bonchev–Trinajstić information content (AvgIpc) is 3.15. The van der Waals surface area contributed by atoms with Gasteiger partial charge in [0, 0.05) is 23.8 Å². The van der Waals surface area contributed by atoms with Crippen LogP contribution in [0.1, 0.15) is 18.4 Å². The maximum atomic E-state index is 12.1. The molecule has 1 aromatic rings. The first-order chi connectivity index (χ1) is 9.88. The Morgan fingerprint density at radius 3 is 2.62 bits per heavy atom. The van der Waals surface area contributed by atoms with E-state index < -0.39 is 10.0 Å². The topological polar surface area (TPSA) is 66.5 Å². The van der Waals surface area contributed by atoms with Gasteiger partial charge in [0.15, 0.2) is 0 Å². The van der Waals surface area contributed by atoms with Gasteiger partial charge in [-0.2, -0.15) is 4.31 Å². The molecule has 1 saturated carbocycles. The van der Waals surface area contributed by atoms with E-state index in [1.807, 2.05) is 13.0 Å². The molecule has 0 aromatic heterocycles. The Morgan fingerprint density at radius 1 is 1.33 bits per heavy atom. The molecule has 2 fully saturated rings. The maximum absolute atomic E-state index is 12.1. The van der Waals surface area contributed by atoms with Crippen molar-refractivity contribution in [1.29, 1.82) is 0 Å². The van der Waals surface area contributed by atoms with Gasteiger partial charge in [-0.05, 0) is 37.5 Å². The van der Waals surface area contributed by atoms with E-state index in [1.165, 1.54) is 4.31 Å². The molecule has 1 amide bonds. The number of carbonyl (C=O) groups is 1. The van der Waals surface area contributed by atoms with Crippen molar-refractivity contribution in [2.75, 3.05) is 18.4 Å². The zero-order valence-electron chi connectivity index (χ0n) is 11.7. The highest BCUT2D eigenvalue weighted by atomic mass is 35.5. The standard InChI is InChI=1S/C14H17ClN2O3S/c1-9-2-3-11(15)6-13(9)16-14(18)10-7-17(8-10)21(19,20)12-4-5-12/h2-3,6,10,12H,4-5,7-8H2,1H3,(H,16,18). The largest absolute Gasteiger partial charge is 0.325 e. The van der Waals surface area contributed by atoms with E-state index in [1.54, 1.807) is 12.1 Å². The van der Waals surface area contributed by atoms with Crippen molar-refractivity contribution in [1.82, 2.24) is 4.31 Å². The summed E-state index contributed by atoms with van der Waals surface area (Å²) in [6.45, 7) is 2.45. The van der Waals surface area contributed by atoms with Crippen LogP contribution in [-0.4, -0.2) is 37.0 Å². The molecule has 1 aliphatic carbocycles. The number of sulfonamides is 1. The minimum atomic E-state index is -3.15. The van der Waals surface area contributed by atoms with Crippen molar-refractivity contribution in [3.8, 4) is 0 Å². The van der Waals surface area contributed by atoms with Crippen LogP contribution < -0.4 is 5.32 Å². The number of benzene rings is 1. The fourth-order valence-electron chi connectivity index (χ4n) is 2.35. The number of aryl methyl sites for hydroxylation is 1. The molecule has 1 heterocycles. The molecular weight excluding hydrogens is 312 g/mol. The highest BCUT2D eigenvalue weighted by Crippen LogP contribution is 2.34. The van der Waals surface area contributed by atoms with Crippen LogP contribution in [0.15, 0.2) is 18.2 Å². The summed E-state index contributed by atoms with van der Waals surface area (Å²) in [4.78, 5) is 12.1. The Morgan fingerprint density at radius 2 is 2.00 bits per heavy atom. The first-order valence-electron chi connectivity index (χ1n) is 6.94. The maximum Gasteiger partial charge on any atom is 0.230 e. The molecule has 0 spiro atoms. The van der Waals surface area contributed by atoms with Crippen LogP contribution in [0.5, 0.6) is 0 Å². The molecule has 0 unspecified atom stereocenters. The van der Waals surface area contributed by atoms with Gasteiger partial charge in [-0.25, -0.2) is 8.42 Å². The lowest BCUT2D eigenvalue weighted by molar-refractivity contribution is -0.122. The Bertz CT molecular complexity index is 679. The van der Waals surface area contributed by atoms with Gasteiger partial charge in [0.05, 0.1) is 11.2 Å². The van der Waals surface area contributed by atoms with Crippen molar-refractivity contribution < 1.29 is 13.2 Å². The van der Waals surface area contributed by atoms with Gasteiger partial charge in [-0.1, -0.05) is 17.7 Å². The van der Waals surface area contributed by atoms with Crippen LogP contribution in [-0.2, 0) is 14.8 Å². The summed E-state index contributed by atoms with van der Waals surface area (Å²) in [6, 6.07) is 5.30. The van der Waals surface area contributed by atoms with E-state index in [0.717, 1.165) is 18.4 Å². The normalized spacial score (nSPS) is 20.1. The molecule has 0 bridgehead atoms. The quantitative estimate of drug-likeness (QED) is 0.919. The lowest BCUT2D eigenvalue weighted by Crippen LogP contribution is -2.55. The molecule has 7 heteroatoms. The zero-order chi connectivity index (χ0) is 15.2. The van der Waals surface area contributed by atoms with Crippen molar-refractivity contribution in [3.63, 3.8) is 0 Å². The molecule has 1 N–H and O–H groups in total. The molecular formula is C14H17ClN2O3S. The van der Waals surface area contributed by atoms with E-state index in [0.29, 0.717) is 10.7 Å². The number of anilines is 1. The number of nitrogens with zero attached hydrogens (tertiary/aromatic N) is 1. The SMILES string of the molecule is Cc1ccc(Cl)cc1NC(=O)C1CN(S(=O)(=O)C2CC2)C1. The predicted molar refractivity (Wildman–Crippen MR) is 81.8 cm³/mol. The van der Waals surface area contributed by atoms with Gasteiger partial charge in [0.2, 0.25) is 15.9 Å². The molecule has 5 nitrogen and oxygen atoms in total. The smallest absolute Gasteiger partial charge is 0.230 e. The molecule has 2 aliphatic rings. The first-order valence-corrected chi connectivity index (χ1v) is 8.82. The van der Waals surface area contributed by atoms with Gasteiger partial charge in [-0.15, -0.1) is 0 Å². The second kappa shape index (κ2) is 5.26. The Balaban J connectivity index is 1.60. The molecule has 1 saturated heterocycles. The lowest BCUT2D eigenvalue weighted by atomic mass is 10.0. The average molecular weight is 329 g/mol. The Kier molecular flexibility index (Phi) is 3.71. The molecule has 114 valence electrons. The van der Waals surface area contributed by atoms with E-state index in [9.17, 15) is 13.2 Å². The minimum Gasteiger partial charge on any atom is -0.325 e. The second-order valence-corrected chi connectivity index (χ2v) is 8.36. The van der Waals surface area contributed by atoms with Crippen molar-refractivity contribution in [2.45, 2.75) is 25.0 Å². The first kappa shape index (κ1) is 14.8. The number of hydrogen-bond acceptors (Lipinski definition) is 3. The molecule has 21 heavy (non-hydrogen) atoms. The van der Waals surface area contributed by atoms with Crippen LogP contribution in [0.25, 0.3) is 0 Å². The Hall–Kier alpha value is -1.11. The molecule has 1 aliphatic heterocycles. The third-order valence-electron chi connectivity index (χ3n) is 3.98. The van der Waals surface area contributed by atoms with E-state index >= 15 is 0 Å². The van der Waals surface area contributed by atoms with Crippen LogP contribution in [0, 0.1) is 12.8 Å². The number of amides is 1. The molecule has 0 atom stereocenters. The van der Waals surface area contributed by atoms with Crippen LogP contribution >= 0.6 is 11.6 Å². The third-order valence-corrected chi connectivity index (χ3v) is 6.55. The summed E-state index contributed by atoms with van der Waals surface area (Å²) in [6.07, 6.45) is 1.49. The zero-order valence-corrected chi connectivity index (χ0v) is 13.2. The third kappa shape index (κ3) is 2.93. The summed E-state index contributed by atoms with van der Waals surface area (Å²) in [5.74, 6) is -0.431. The molecule has 0 radical (unpaired) electrons. The van der Waals surface area contributed by atoms with E-state index in [-0.39, 0.29) is 30.2 Å². The number of rotatable bonds is 4. The Labute approximate surface area is 129 Å². The minimum absolute atomic E-state index is 0.150. The summed E-state index contributed by atoms with van der Waals surface area (Å²) in [7, 11) is -3.15. The van der Waals surface area contributed by atoms with E-state index in [4.69, 9.17) is 11.6 Å². The lowest BCUT2D eigenvalue weighted by Gasteiger charge is -2.37. The van der Waals surface area contributed by atoms with Crippen LogP contribution in [0.3, 0.4) is 0 Å². The second-order valence-electron chi connectivity index (χ2n) is 5.71. The van der Waals surface area contributed by atoms with E-state index in [2.05, 4.69) is 5.32 Å². The van der Waals surface area contributed by atoms with Gasteiger partial charge in [0.25, 0.3) is 0 Å². The van der Waals surface area contributed by atoms with Crippen molar-refractivity contribution in [2.24, 2.45) is 5.92 Å². The summed E-state index contributed by atoms with van der Waals surface area (Å²) in [5.41, 5.74) is 1.60. The molecule has 1 aromatic carbocycles. The van der Waals surface area contributed by atoms with Gasteiger partial charge in [0.1, 0.15) is 0 Å². The fraction of sp³-hybridized carbons (Fsp3) is 0.500. The summed E-state index contributed by atoms with van der Waals surface area (Å²) in [5, 5.41) is 3.17. The number of halogens is 1. The predicted octanol–water partition coefficient (Wildman–Crippen LogP) is 2.01. The summed E-state index contributed by atoms with van der Waals surface area (Å²) < 4.78 is 25.4. The van der Waals surface area contributed by atoms with Crippen molar-refractivity contribution >= 4 is 33.2 Å². The number of hydrogen-bond donors (Lipinski definition) is 1. The summed E-state index contributed by atoms with van der Waals surface area (Å²) >= 11 is 5.91. The van der Waals surface area contributed by atoms with Crippen molar-refractivity contribution in [3.05, 3.63) is 28.8 Å². The van der Waals surface area contributed by atoms with Crippen LogP contribution in [0.2, 0.25) is 5.02 Å². The monoisotopic (exact) mass is 328 g/mol. The van der Waals surface area contributed by atoms with Gasteiger partial charge >= 0.3 is 0 Å². The molecule has 3 rings (SSSR count). The highest BCUT2D eigenvalue weighted by molar-refractivity contribution is 7.90. The number of nitrogens with one attached hydrogen (secondary N) is 1. The highest BCUT2D eigenvalue weighted by Gasteiger charge is 2.46. The van der Waals surface area contributed by atoms with Crippen LogP contribution in [0.4, 0.5) is 5.69 Å². The fourth-order valence-corrected chi connectivity index (χ4v) is 4.45. The van der Waals surface area contributed by atoms with Gasteiger partial charge < -0.3 is 5.32 Å². The number of carbonyl (C=O) groups excluding carboxylic acids is 1.